The lowest BCUT2D eigenvalue weighted by molar-refractivity contribution is -0.150. The molecule has 0 bridgehead atoms. The van der Waals surface area contributed by atoms with Gasteiger partial charge >= 0.3 is 5.97 Å². The number of hydrogen-bond donors (Lipinski definition) is 1. The highest BCUT2D eigenvalue weighted by Gasteiger charge is 2.32. The van der Waals surface area contributed by atoms with Crippen LogP contribution < -0.4 is 5.73 Å². The summed E-state index contributed by atoms with van der Waals surface area (Å²) in [4.78, 5) is 11.1. The second-order valence-electron chi connectivity index (χ2n) is 3.44. The maximum atomic E-state index is 13.6. The maximum absolute atomic E-state index is 13.6. The summed E-state index contributed by atoms with van der Waals surface area (Å²) in [6.07, 6.45) is -2.37. The van der Waals surface area contributed by atoms with Gasteiger partial charge < -0.3 is 10.5 Å². The van der Waals surface area contributed by atoms with Crippen molar-refractivity contribution in [1.82, 2.24) is 0 Å². The fraction of sp³-hybridized carbons (Fsp3) is 0.364. The Bertz CT molecular complexity index is 460. The average Bonchev–Trinajstić information content (AvgIpc) is 2.33. The number of rotatable bonds is 4. The Balaban J connectivity index is 0.00000324. The Morgan fingerprint density at radius 2 is 2.05 bits per heavy atom. The molecule has 0 aliphatic rings. The molecule has 19 heavy (non-hydrogen) atoms. The van der Waals surface area contributed by atoms with Gasteiger partial charge in [0.2, 0.25) is 6.17 Å². The average molecular weight is 318 g/mol. The van der Waals surface area contributed by atoms with Gasteiger partial charge in [-0.1, -0.05) is 11.6 Å². The first-order valence-electron chi connectivity index (χ1n) is 5.09. The van der Waals surface area contributed by atoms with Crippen LogP contribution in [-0.4, -0.2) is 18.7 Å². The monoisotopic (exact) mass is 317 g/mol. The van der Waals surface area contributed by atoms with Gasteiger partial charge in [-0.15, -0.1) is 12.4 Å². The molecule has 2 atom stereocenters. The van der Waals surface area contributed by atoms with Crippen molar-refractivity contribution in [3.8, 4) is 0 Å². The smallest absolute Gasteiger partial charge is 0.342 e. The SMILES string of the molecule is CCOC(=O)C(F)[C@H](N)c1c(F)ccc(Cl)c1F.Cl. The van der Waals surface area contributed by atoms with E-state index in [0.717, 1.165) is 12.1 Å². The summed E-state index contributed by atoms with van der Waals surface area (Å²) in [5, 5.41) is -0.405. The number of nitrogens with two attached hydrogens (primary N) is 1. The molecular formula is C11H12Cl2F3NO2. The van der Waals surface area contributed by atoms with Crippen LogP contribution in [0.4, 0.5) is 13.2 Å². The van der Waals surface area contributed by atoms with Gasteiger partial charge in [0.1, 0.15) is 11.6 Å². The van der Waals surface area contributed by atoms with E-state index in [1.54, 1.807) is 0 Å². The van der Waals surface area contributed by atoms with Gasteiger partial charge in [-0.2, -0.15) is 0 Å². The van der Waals surface area contributed by atoms with Crippen molar-refractivity contribution in [2.75, 3.05) is 6.61 Å². The minimum Gasteiger partial charge on any atom is -0.464 e. The first-order chi connectivity index (χ1) is 8.40. The van der Waals surface area contributed by atoms with Crippen molar-refractivity contribution in [1.29, 1.82) is 0 Å². The van der Waals surface area contributed by atoms with E-state index in [-0.39, 0.29) is 19.0 Å². The third-order valence-corrected chi connectivity index (χ3v) is 2.53. The molecule has 0 fully saturated rings. The molecule has 0 aromatic heterocycles. The number of alkyl halides is 1. The standard InChI is InChI=1S/C11H11ClF3NO2.ClH/c1-2-18-11(17)9(15)10(16)7-6(13)4-3-5(12)8(7)14;/h3-4,9-10H,2,16H2,1H3;1H/t9?,10-;/m1./s1. The Labute approximate surface area is 119 Å². The van der Waals surface area contributed by atoms with E-state index in [2.05, 4.69) is 4.74 Å². The third kappa shape index (κ3) is 3.99. The summed E-state index contributed by atoms with van der Waals surface area (Å²) in [7, 11) is 0. The lowest BCUT2D eigenvalue weighted by atomic mass is 10.0. The van der Waals surface area contributed by atoms with Crippen molar-refractivity contribution >= 4 is 30.0 Å². The quantitative estimate of drug-likeness (QED) is 0.686. The molecule has 0 aliphatic carbocycles. The number of esters is 1. The van der Waals surface area contributed by atoms with Crippen LogP contribution in [0, 0.1) is 11.6 Å². The second-order valence-corrected chi connectivity index (χ2v) is 3.84. The topological polar surface area (TPSA) is 52.3 Å². The molecule has 0 saturated carbocycles. The highest BCUT2D eigenvalue weighted by molar-refractivity contribution is 6.30. The number of ether oxygens (including phenoxy) is 1. The highest BCUT2D eigenvalue weighted by Crippen LogP contribution is 2.28. The van der Waals surface area contributed by atoms with Crippen molar-refractivity contribution in [2.45, 2.75) is 19.1 Å². The van der Waals surface area contributed by atoms with Gasteiger partial charge in [-0.05, 0) is 19.1 Å². The van der Waals surface area contributed by atoms with E-state index in [4.69, 9.17) is 17.3 Å². The molecule has 1 unspecified atom stereocenters. The van der Waals surface area contributed by atoms with E-state index < -0.39 is 40.4 Å². The Morgan fingerprint density at radius 3 is 2.58 bits per heavy atom. The van der Waals surface area contributed by atoms with Gasteiger partial charge in [0.25, 0.3) is 0 Å². The largest absolute Gasteiger partial charge is 0.464 e. The van der Waals surface area contributed by atoms with Crippen LogP contribution in [-0.2, 0) is 9.53 Å². The van der Waals surface area contributed by atoms with Gasteiger partial charge in [-0.25, -0.2) is 18.0 Å². The second kappa shape index (κ2) is 7.57. The van der Waals surface area contributed by atoms with Gasteiger partial charge in [0, 0.05) is 5.56 Å². The Morgan fingerprint density at radius 1 is 1.47 bits per heavy atom. The predicted molar refractivity (Wildman–Crippen MR) is 67.1 cm³/mol. The molecule has 0 aliphatic heterocycles. The lowest BCUT2D eigenvalue weighted by Gasteiger charge is -2.17. The minimum atomic E-state index is -2.37. The van der Waals surface area contributed by atoms with Crippen LogP contribution in [0.1, 0.15) is 18.5 Å². The Hall–Kier alpha value is -0.980. The molecule has 0 spiro atoms. The summed E-state index contributed by atoms with van der Waals surface area (Å²) < 4.78 is 44.9. The number of halogens is 5. The molecule has 1 aromatic carbocycles. The van der Waals surface area contributed by atoms with E-state index in [0.29, 0.717) is 0 Å². The molecular weight excluding hydrogens is 306 g/mol. The molecule has 2 N–H and O–H groups in total. The zero-order chi connectivity index (χ0) is 13.9. The van der Waals surface area contributed by atoms with Crippen LogP contribution in [0.15, 0.2) is 12.1 Å². The number of hydrogen-bond acceptors (Lipinski definition) is 3. The van der Waals surface area contributed by atoms with Crippen LogP contribution >= 0.6 is 24.0 Å². The number of carbonyl (C=O) groups is 1. The van der Waals surface area contributed by atoms with E-state index in [1.165, 1.54) is 6.92 Å². The van der Waals surface area contributed by atoms with Crippen molar-refractivity contribution < 1.29 is 22.7 Å². The predicted octanol–water partition coefficient (Wildman–Crippen LogP) is 2.94. The molecule has 0 amide bonds. The van der Waals surface area contributed by atoms with E-state index in [9.17, 15) is 18.0 Å². The number of carbonyl (C=O) groups excluding carboxylic acids is 1. The summed E-state index contributed by atoms with van der Waals surface area (Å²) >= 11 is 5.44. The van der Waals surface area contributed by atoms with Gasteiger partial charge in [0.15, 0.2) is 0 Å². The Kier molecular flexibility index (Phi) is 7.18. The first kappa shape index (κ1) is 18.0. The first-order valence-corrected chi connectivity index (χ1v) is 5.47. The molecule has 8 heteroatoms. The van der Waals surface area contributed by atoms with Crippen LogP contribution in [0.3, 0.4) is 0 Å². The maximum Gasteiger partial charge on any atom is 0.342 e. The molecule has 1 rings (SSSR count). The lowest BCUT2D eigenvalue weighted by Crippen LogP contribution is -2.32. The zero-order valence-electron chi connectivity index (χ0n) is 9.83. The number of benzene rings is 1. The summed E-state index contributed by atoms with van der Waals surface area (Å²) in [5.74, 6) is -3.53. The van der Waals surface area contributed by atoms with E-state index >= 15 is 0 Å². The van der Waals surface area contributed by atoms with Crippen molar-refractivity contribution in [3.05, 3.63) is 34.4 Å². The summed E-state index contributed by atoms with van der Waals surface area (Å²) in [5.41, 5.74) is 4.55. The fourth-order valence-electron chi connectivity index (χ4n) is 1.36. The van der Waals surface area contributed by atoms with Crippen LogP contribution in [0.25, 0.3) is 0 Å². The van der Waals surface area contributed by atoms with Crippen LogP contribution in [0.5, 0.6) is 0 Å². The normalized spacial score (nSPS) is 13.4. The molecule has 0 heterocycles. The summed E-state index contributed by atoms with van der Waals surface area (Å²) in [6, 6.07) is 0.00108. The molecule has 0 saturated heterocycles. The van der Waals surface area contributed by atoms with E-state index in [1.807, 2.05) is 0 Å². The summed E-state index contributed by atoms with van der Waals surface area (Å²) in [6.45, 7) is 1.41. The van der Waals surface area contributed by atoms with Gasteiger partial charge in [-0.3, -0.25) is 0 Å². The molecule has 3 nitrogen and oxygen atoms in total. The van der Waals surface area contributed by atoms with Crippen molar-refractivity contribution in [2.24, 2.45) is 5.73 Å². The molecule has 1 aromatic rings. The minimum absolute atomic E-state index is 0. The van der Waals surface area contributed by atoms with Crippen LogP contribution in [0.2, 0.25) is 5.02 Å². The zero-order valence-corrected chi connectivity index (χ0v) is 11.4. The highest BCUT2D eigenvalue weighted by atomic mass is 35.5. The van der Waals surface area contributed by atoms with Gasteiger partial charge in [0.05, 0.1) is 17.7 Å². The third-order valence-electron chi connectivity index (χ3n) is 2.24. The van der Waals surface area contributed by atoms with Crippen molar-refractivity contribution in [3.63, 3.8) is 0 Å². The molecule has 108 valence electrons. The fourth-order valence-corrected chi connectivity index (χ4v) is 1.53. The molecule has 0 radical (unpaired) electrons.